The highest BCUT2D eigenvalue weighted by Gasteiger charge is 2.19. The van der Waals surface area contributed by atoms with Crippen LogP contribution in [0, 0.1) is 13.8 Å². The number of hydrogen-bond donors (Lipinski definition) is 2. The number of pyridine rings is 1. The zero-order chi connectivity index (χ0) is 20.1. The van der Waals surface area contributed by atoms with Gasteiger partial charge in [-0.15, -0.1) is 0 Å². The van der Waals surface area contributed by atoms with Gasteiger partial charge in [0.25, 0.3) is 5.56 Å². The molecule has 5 rings (SSSR count). The van der Waals surface area contributed by atoms with Crippen molar-refractivity contribution in [3.8, 4) is 11.1 Å². The van der Waals surface area contributed by atoms with Gasteiger partial charge in [0.2, 0.25) is 5.78 Å². The van der Waals surface area contributed by atoms with E-state index in [1.807, 2.05) is 56.3 Å². The van der Waals surface area contributed by atoms with E-state index in [1.54, 1.807) is 6.07 Å². The molecule has 0 aliphatic rings. The molecule has 142 valence electrons. The topological polar surface area (TPSA) is 105 Å². The van der Waals surface area contributed by atoms with Gasteiger partial charge in [0.1, 0.15) is 5.76 Å². The maximum Gasteiger partial charge on any atom is 0.259 e. The molecule has 0 saturated carbocycles. The predicted octanol–water partition coefficient (Wildman–Crippen LogP) is 3.91. The molecule has 0 bridgehead atoms. The average Bonchev–Trinajstić information content (AvgIpc) is 3.29. The molecule has 2 N–H and O–H groups in total. The summed E-state index contributed by atoms with van der Waals surface area (Å²) in [6, 6.07) is 14.6. The molecule has 2 aromatic carbocycles. The zero-order valence-corrected chi connectivity index (χ0v) is 15.7. The van der Waals surface area contributed by atoms with Crippen molar-refractivity contribution in [3.05, 3.63) is 81.7 Å². The van der Waals surface area contributed by atoms with Crippen LogP contribution < -0.4 is 5.56 Å². The summed E-state index contributed by atoms with van der Waals surface area (Å²) < 4.78 is 5.26. The number of H-pyrrole nitrogens is 2. The van der Waals surface area contributed by atoms with Gasteiger partial charge in [0.15, 0.2) is 5.82 Å². The van der Waals surface area contributed by atoms with E-state index in [0.717, 1.165) is 27.7 Å². The van der Waals surface area contributed by atoms with E-state index in [9.17, 15) is 9.59 Å². The molecule has 29 heavy (non-hydrogen) atoms. The Morgan fingerprint density at radius 3 is 2.59 bits per heavy atom. The van der Waals surface area contributed by atoms with Gasteiger partial charge in [-0.05, 0) is 55.1 Å². The van der Waals surface area contributed by atoms with Crippen LogP contribution in [0.4, 0.5) is 0 Å². The molecule has 7 nitrogen and oxygen atoms in total. The lowest BCUT2D eigenvalue weighted by Gasteiger charge is -2.05. The van der Waals surface area contributed by atoms with E-state index in [0.29, 0.717) is 16.8 Å². The van der Waals surface area contributed by atoms with Crippen molar-refractivity contribution in [2.24, 2.45) is 0 Å². The number of nitrogens with zero attached hydrogens (tertiary/aromatic N) is 2. The Balaban J connectivity index is 1.64. The maximum absolute atomic E-state index is 13.0. The number of ketones is 1. The Morgan fingerprint density at radius 2 is 1.83 bits per heavy atom. The number of nitrogens with one attached hydrogen (secondary N) is 2. The molecule has 0 aliphatic heterocycles. The Morgan fingerprint density at radius 1 is 1.00 bits per heavy atom. The van der Waals surface area contributed by atoms with E-state index in [2.05, 4.69) is 20.1 Å². The number of carbonyl (C=O) groups is 1. The third-order valence-electron chi connectivity index (χ3n) is 5.02. The van der Waals surface area contributed by atoms with Crippen LogP contribution in [0.5, 0.6) is 0 Å². The summed E-state index contributed by atoms with van der Waals surface area (Å²) >= 11 is 0. The fourth-order valence-corrected chi connectivity index (χ4v) is 3.61. The van der Waals surface area contributed by atoms with Crippen molar-refractivity contribution in [2.75, 3.05) is 0 Å². The first-order valence-corrected chi connectivity index (χ1v) is 9.11. The van der Waals surface area contributed by atoms with Crippen LogP contribution in [0.3, 0.4) is 0 Å². The van der Waals surface area contributed by atoms with Gasteiger partial charge in [-0.1, -0.05) is 23.4 Å². The predicted molar refractivity (Wildman–Crippen MR) is 109 cm³/mol. The lowest BCUT2D eigenvalue weighted by Crippen LogP contribution is -2.19. The summed E-state index contributed by atoms with van der Waals surface area (Å²) in [4.78, 5) is 35.6. The van der Waals surface area contributed by atoms with Gasteiger partial charge in [-0.25, -0.2) is 4.98 Å². The summed E-state index contributed by atoms with van der Waals surface area (Å²) in [7, 11) is 0. The number of benzene rings is 2. The Labute approximate surface area is 164 Å². The second kappa shape index (κ2) is 6.27. The third-order valence-corrected chi connectivity index (χ3v) is 5.02. The number of aryl methyl sites for hydroxylation is 2. The molecule has 0 unspecified atom stereocenters. The second-order valence-electron chi connectivity index (χ2n) is 6.95. The molecular weight excluding hydrogens is 368 g/mol. The number of aromatic nitrogens is 4. The molecule has 0 fully saturated rings. The largest absolute Gasteiger partial charge is 0.361 e. The molecule has 0 atom stereocenters. The molecular formula is C22H16N4O3. The van der Waals surface area contributed by atoms with Crippen LogP contribution in [0.1, 0.15) is 27.6 Å². The Kier molecular flexibility index (Phi) is 3.70. The quantitative estimate of drug-likeness (QED) is 0.459. The first-order chi connectivity index (χ1) is 14.0. The highest BCUT2D eigenvalue weighted by atomic mass is 16.5. The van der Waals surface area contributed by atoms with Gasteiger partial charge in [-0.2, -0.15) is 0 Å². The summed E-state index contributed by atoms with van der Waals surface area (Å²) in [6.45, 7) is 3.72. The van der Waals surface area contributed by atoms with Crippen LogP contribution in [-0.4, -0.2) is 25.9 Å². The summed E-state index contributed by atoms with van der Waals surface area (Å²) in [5.41, 5.74) is 4.24. The fraction of sp³-hybridized carbons (Fsp3) is 0.0909. The van der Waals surface area contributed by atoms with Crippen molar-refractivity contribution in [2.45, 2.75) is 13.8 Å². The molecule has 0 radical (unpaired) electrons. The third kappa shape index (κ3) is 2.75. The van der Waals surface area contributed by atoms with E-state index < -0.39 is 11.3 Å². The molecule has 0 amide bonds. The van der Waals surface area contributed by atoms with Crippen LogP contribution >= 0.6 is 0 Å². The molecule has 0 spiro atoms. The SMILES string of the molecule is Cc1noc(C)c1-c1ccc2[nH]c(=O)c(C(=O)c3nc4ccccc4[nH]3)cc2c1. The van der Waals surface area contributed by atoms with Crippen LogP contribution in [0.2, 0.25) is 0 Å². The molecule has 3 aromatic heterocycles. The lowest BCUT2D eigenvalue weighted by atomic mass is 10.0. The number of carbonyl (C=O) groups excluding carboxylic acids is 1. The normalized spacial score (nSPS) is 11.4. The van der Waals surface area contributed by atoms with Crippen molar-refractivity contribution in [3.63, 3.8) is 0 Å². The van der Waals surface area contributed by atoms with Crippen molar-refractivity contribution >= 4 is 27.7 Å². The van der Waals surface area contributed by atoms with E-state index in [4.69, 9.17) is 4.52 Å². The van der Waals surface area contributed by atoms with Gasteiger partial charge >= 0.3 is 0 Å². The lowest BCUT2D eigenvalue weighted by molar-refractivity contribution is 0.102. The Bertz CT molecular complexity index is 1420. The number of fused-ring (bicyclic) bond motifs is 2. The van der Waals surface area contributed by atoms with Gasteiger partial charge in [0.05, 0.1) is 22.3 Å². The summed E-state index contributed by atoms with van der Waals surface area (Å²) in [5.74, 6) is 0.398. The van der Waals surface area contributed by atoms with Crippen LogP contribution in [0.15, 0.2) is 57.8 Å². The molecule has 3 heterocycles. The highest BCUT2D eigenvalue weighted by molar-refractivity contribution is 6.09. The average molecular weight is 384 g/mol. The number of imidazole rings is 1. The van der Waals surface area contributed by atoms with Gasteiger partial charge in [-0.3, -0.25) is 9.59 Å². The summed E-state index contributed by atoms with van der Waals surface area (Å²) in [5, 5.41) is 4.73. The minimum atomic E-state index is -0.452. The molecule has 0 saturated heterocycles. The maximum atomic E-state index is 13.0. The van der Waals surface area contributed by atoms with Crippen LogP contribution in [0.25, 0.3) is 33.1 Å². The second-order valence-corrected chi connectivity index (χ2v) is 6.95. The first kappa shape index (κ1) is 17.1. The van der Waals surface area contributed by atoms with E-state index >= 15 is 0 Å². The van der Waals surface area contributed by atoms with Crippen molar-refractivity contribution in [1.82, 2.24) is 20.1 Å². The van der Waals surface area contributed by atoms with Crippen molar-refractivity contribution in [1.29, 1.82) is 0 Å². The monoisotopic (exact) mass is 384 g/mol. The van der Waals surface area contributed by atoms with Gasteiger partial charge in [0, 0.05) is 11.1 Å². The van der Waals surface area contributed by atoms with E-state index in [-0.39, 0.29) is 11.4 Å². The minimum absolute atomic E-state index is 0.0347. The molecule has 5 aromatic rings. The van der Waals surface area contributed by atoms with E-state index in [1.165, 1.54) is 0 Å². The van der Waals surface area contributed by atoms with Crippen LogP contribution in [-0.2, 0) is 0 Å². The fourth-order valence-electron chi connectivity index (χ4n) is 3.61. The smallest absolute Gasteiger partial charge is 0.259 e. The van der Waals surface area contributed by atoms with Gasteiger partial charge < -0.3 is 14.5 Å². The highest BCUT2D eigenvalue weighted by Crippen LogP contribution is 2.29. The Hall–Kier alpha value is -4.00. The number of hydrogen-bond acceptors (Lipinski definition) is 5. The standard InChI is InChI=1S/C22H16N4O3/c1-11-19(12(2)29-26-11)13-7-8-16-14(9-13)10-15(22(28)25-16)20(27)21-23-17-5-3-4-6-18(17)24-21/h3-10H,1-2H3,(H,23,24)(H,25,28). The number of aromatic amines is 2. The molecule has 7 heteroatoms. The first-order valence-electron chi connectivity index (χ1n) is 9.11. The molecule has 0 aliphatic carbocycles. The zero-order valence-electron chi connectivity index (χ0n) is 15.7. The summed E-state index contributed by atoms with van der Waals surface area (Å²) in [6.07, 6.45) is 0. The number of para-hydroxylation sites is 2. The van der Waals surface area contributed by atoms with Crippen molar-refractivity contribution < 1.29 is 9.32 Å². The number of rotatable bonds is 3. The minimum Gasteiger partial charge on any atom is -0.361 e.